The van der Waals surface area contributed by atoms with Crippen LogP contribution in [0.25, 0.3) is 0 Å². The molecule has 4 heterocycles. The molecule has 23 heteroatoms. The average Bonchev–Trinajstić information content (AvgIpc) is 4.06. The molecule has 80 heavy (non-hydrogen) atoms. The van der Waals surface area contributed by atoms with E-state index in [2.05, 4.69) is 25.2 Å². The van der Waals surface area contributed by atoms with Crippen molar-refractivity contribution in [3.05, 3.63) is 126 Å². The van der Waals surface area contributed by atoms with Gasteiger partial charge < -0.3 is 34.8 Å². The van der Waals surface area contributed by atoms with Gasteiger partial charge in [-0.25, -0.2) is 35.1 Å². The summed E-state index contributed by atoms with van der Waals surface area (Å²) in [6.07, 6.45) is 5.17. The summed E-state index contributed by atoms with van der Waals surface area (Å²) in [6.45, 7) is 8.42. The Labute approximate surface area is 490 Å². The molecule has 4 atom stereocenters. The number of ketones is 1. The Morgan fingerprint density at radius 2 is 1.16 bits per heavy atom. The van der Waals surface area contributed by atoms with E-state index in [-0.39, 0.29) is 44.9 Å². The molecular formula is C57H73Cl4F2N7O8S2. The summed E-state index contributed by atoms with van der Waals surface area (Å²) >= 11 is 25.7. The highest BCUT2D eigenvalue weighted by molar-refractivity contribution is 7.91. The van der Waals surface area contributed by atoms with Gasteiger partial charge in [-0.1, -0.05) is 52.8 Å². The first-order valence-electron chi connectivity index (χ1n) is 27.5. The highest BCUT2D eigenvalue weighted by Gasteiger charge is 2.34. The lowest BCUT2D eigenvalue weighted by atomic mass is 9.84. The van der Waals surface area contributed by atoms with Crippen molar-refractivity contribution >= 4 is 78.1 Å². The molecule has 3 N–H and O–H groups in total. The standard InChI is InChI=1S/C57H73Cl4F2N7O8S2/c1-67-33-49(45-25-39(58)27-53(60)51(45)35-67)47-29-43(9-11-55(47)62)79(73,74)37-38-13-17-69(31-38)19-23-77-21-6-8-42(71)7-4-3-5-15-64-57(72)65-16-22-78-24-20-70-18-14-41(32-70)66-80(75,76)44-10-12-56(63)48(30-44)50-34-68(2)36-52-46(50)26-40(59)28-54(52)61/h9-12,25-30,38,41,49-50,66H,3-8,13-24,31-37H2,1-2H3,(H2,64,65,72)/t38-,41-,49?,50?/m0/s1. The van der Waals surface area contributed by atoms with Crippen molar-refractivity contribution in [3.63, 3.8) is 0 Å². The number of hydrogen-bond acceptors (Lipinski definition) is 12. The number of ether oxygens (including phenoxy) is 2. The fraction of sp³-hybridized carbons (Fsp3) is 0.544. The third kappa shape index (κ3) is 17.1. The summed E-state index contributed by atoms with van der Waals surface area (Å²) in [7, 11) is -3.82. The highest BCUT2D eigenvalue weighted by atomic mass is 35.5. The molecule has 0 bridgehead atoms. The van der Waals surface area contributed by atoms with Crippen molar-refractivity contribution in [2.24, 2.45) is 5.92 Å². The van der Waals surface area contributed by atoms with E-state index in [1.54, 1.807) is 24.3 Å². The summed E-state index contributed by atoms with van der Waals surface area (Å²) in [5.41, 5.74) is 3.88. The number of benzene rings is 4. The van der Waals surface area contributed by atoms with E-state index in [0.29, 0.717) is 150 Å². The largest absolute Gasteiger partial charge is 0.380 e. The minimum Gasteiger partial charge on any atom is -0.380 e. The lowest BCUT2D eigenvalue weighted by Crippen LogP contribution is -2.38. The normalized spacial score (nSPS) is 20.2. The van der Waals surface area contributed by atoms with Crippen molar-refractivity contribution in [2.75, 3.05) is 112 Å². The lowest BCUT2D eigenvalue weighted by molar-refractivity contribution is -0.119. The van der Waals surface area contributed by atoms with E-state index in [1.165, 1.54) is 36.4 Å². The lowest BCUT2D eigenvalue weighted by Gasteiger charge is -2.33. The number of urea groups is 1. The Hall–Kier alpha value is -3.54. The number of rotatable bonds is 27. The summed E-state index contributed by atoms with van der Waals surface area (Å²) in [5.74, 6) is -1.76. The number of fused-ring (bicyclic) bond motifs is 2. The number of unbranched alkanes of at least 4 members (excludes halogenated alkanes) is 2. The number of Topliss-reactive ketones (excluding diaryl/α,β-unsaturated/α-hetero) is 1. The van der Waals surface area contributed by atoms with E-state index in [0.717, 1.165) is 54.5 Å². The van der Waals surface area contributed by atoms with Gasteiger partial charge >= 0.3 is 6.03 Å². The maximum absolute atomic E-state index is 15.4. The van der Waals surface area contributed by atoms with Crippen LogP contribution in [-0.4, -0.2) is 166 Å². The van der Waals surface area contributed by atoms with Crippen molar-refractivity contribution in [1.82, 2.24) is 35.0 Å². The van der Waals surface area contributed by atoms with Crippen LogP contribution in [0, 0.1) is 17.6 Å². The molecule has 0 radical (unpaired) electrons. The van der Waals surface area contributed by atoms with E-state index < -0.39 is 43.3 Å². The number of nitrogens with zero attached hydrogens (tertiary/aromatic N) is 4. The monoisotopic (exact) mass is 1230 g/mol. The molecule has 2 fully saturated rings. The van der Waals surface area contributed by atoms with Crippen LogP contribution in [0.2, 0.25) is 20.1 Å². The molecule has 2 saturated heterocycles. The van der Waals surface area contributed by atoms with Gasteiger partial charge in [0.25, 0.3) is 0 Å². The predicted octanol–water partition coefficient (Wildman–Crippen LogP) is 9.12. The maximum Gasteiger partial charge on any atom is 0.314 e. The molecule has 4 aliphatic rings. The molecule has 0 saturated carbocycles. The third-order valence-corrected chi connectivity index (χ3v) is 20.1. The number of nitrogens with one attached hydrogen (secondary N) is 3. The van der Waals surface area contributed by atoms with Gasteiger partial charge in [0.2, 0.25) is 10.0 Å². The second kappa shape index (κ2) is 28.8. The number of carbonyl (C=O) groups excluding carboxylic acids is 2. The third-order valence-electron chi connectivity index (χ3n) is 15.6. The Bertz CT molecular complexity index is 2860. The van der Waals surface area contributed by atoms with Gasteiger partial charge in [0, 0.05) is 123 Å². The molecule has 4 aliphatic heterocycles. The molecule has 2 unspecified atom stereocenters. The molecule has 2 amide bonds. The fourth-order valence-electron chi connectivity index (χ4n) is 11.5. The van der Waals surface area contributed by atoms with Crippen LogP contribution >= 0.6 is 46.4 Å². The van der Waals surface area contributed by atoms with Crippen LogP contribution in [0.1, 0.15) is 96.6 Å². The van der Waals surface area contributed by atoms with Crippen molar-refractivity contribution < 1.29 is 44.7 Å². The van der Waals surface area contributed by atoms with Crippen LogP contribution in [0.15, 0.2) is 70.5 Å². The van der Waals surface area contributed by atoms with E-state index in [4.69, 9.17) is 55.9 Å². The summed E-state index contributed by atoms with van der Waals surface area (Å²) in [5, 5.41) is 7.50. The Morgan fingerprint density at radius 3 is 1.80 bits per heavy atom. The molecule has 438 valence electrons. The van der Waals surface area contributed by atoms with Gasteiger partial charge in [-0.2, -0.15) is 0 Å². The minimum atomic E-state index is -3.96. The quantitative estimate of drug-likeness (QED) is 0.0383. The summed E-state index contributed by atoms with van der Waals surface area (Å²) in [6, 6.07) is 14.3. The first-order valence-corrected chi connectivity index (χ1v) is 32.2. The molecule has 8 rings (SSSR count). The topological polar surface area (TPSA) is 170 Å². The van der Waals surface area contributed by atoms with Gasteiger partial charge in [-0.05, 0) is 159 Å². The summed E-state index contributed by atoms with van der Waals surface area (Å²) in [4.78, 5) is 33.3. The van der Waals surface area contributed by atoms with E-state index >= 15 is 8.78 Å². The molecule has 15 nitrogen and oxygen atoms in total. The zero-order chi connectivity index (χ0) is 57.1. The molecule has 0 aliphatic carbocycles. The second-order valence-electron chi connectivity index (χ2n) is 21.8. The minimum absolute atomic E-state index is 0.00705. The number of likely N-dealkylation sites (N-methyl/N-ethyl adjacent to an activating group) is 2. The smallest absolute Gasteiger partial charge is 0.314 e. The fourth-order valence-corrected chi connectivity index (χ4v) is 15.6. The molecule has 0 spiro atoms. The predicted molar refractivity (Wildman–Crippen MR) is 310 cm³/mol. The van der Waals surface area contributed by atoms with E-state index in [1.807, 2.05) is 23.9 Å². The molecule has 4 aromatic carbocycles. The van der Waals surface area contributed by atoms with Crippen LogP contribution in [0.3, 0.4) is 0 Å². The van der Waals surface area contributed by atoms with Gasteiger partial charge in [-0.15, -0.1) is 0 Å². The summed E-state index contributed by atoms with van der Waals surface area (Å²) < 4.78 is 99.6. The Balaban J connectivity index is 0.619. The number of hydrogen-bond donors (Lipinski definition) is 3. The zero-order valence-electron chi connectivity index (χ0n) is 45.4. The number of sulfone groups is 1. The van der Waals surface area contributed by atoms with Gasteiger partial charge in [0.15, 0.2) is 9.84 Å². The van der Waals surface area contributed by atoms with Crippen LogP contribution < -0.4 is 15.4 Å². The van der Waals surface area contributed by atoms with Gasteiger partial charge in [-0.3, -0.25) is 9.69 Å². The SMILES string of the molecule is CN1Cc2c(Cl)cc(Cl)cc2C(c2cc(S(=O)(=O)C[C@H]3CCN(CCOCCCC(=O)CCCCCNC(=O)NCCOCCN4CC[C@H](NS(=O)(=O)c5ccc(F)c(C6CN(C)Cc7c(Cl)cc(Cl)cc76)c5)C4)C3)ccc2F)C1. The average molecular weight is 1230 g/mol. The molecule has 0 aromatic heterocycles. The Morgan fingerprint density at radius 1 is 0.613 bits per heavy atom. The number of likely N-dealkylation sites (tertiary alicyclic amines) is 2. The number of halogens is 6. The van der Waals surface area contributed by atoms with Crippen LogP contribution in [0.4, 0.5) is 13.6 Å². The highest BCUT2D eigenvalue weighted by Crippen LogP contribution is 2.42. The number of amides is 2. The number of carbonyl (C=O) groups is 2. The molecular weight excluding hydrogens is 1150 g/mol. The van der Waals surface area contributed by atoms with Crippen LogP contribution in [-0.2, 0) is 47.2 Å². The van der Waals surface area contributed by atoms with Crippen molar-refractivity contribution in [1.29, 1.82) is 0 Å². The first kappa shape index (κ1) is 62.5. The first-order chi connectivity index (χ1) is 38.2. The zero-order valence-corrected chi connectivity index (χ0v) is 50.1. The van der Waals surface area contributed by atoms with Crippen LogP contribution in [0.5, 0.6) is 0 Å². The van der Waals surface area contributed by atoms with Crippen molar-refractivity contribution in [3.8, 4) is 0 Å². The Kier molecular flexibility index (Phi) is 22.5. The molecule has 4 aromatic rings. The van der Waals surface area contributed by atoms with Crippen molar-refractivity contribution in [2.45, 2.75) is 92.1 Å². The van der Waals surface area contributed by atoms with E-state index in [9.17, 15) is 26.4 Å². The number of sulfonamides is 1. The van der Waals surface area contributed by atoms with Gasteiger partial charge in [0.1, 0.15) is 17.4 Å². The van der Waals surface area contributed by atoms with Gasteiger partial charge in [0.05, 0.1) is 35.4 Å². The second-order valence-corrected chi connectivity index (χ2v) is 27.2. The maximum atomic E-state index is 15.4.